The third-order valence-corrected chi connectivity index (χ3v) is 5.23. The summed E-state index contributed by atoms with van der Waals surface area (Å²) in [6.07, 6.45) is -0.855. The lowest BCUT2D eigenvalue weighted by molar-refractivity contribution is -0.137. The molecule has 1 fully saturated rings. The van der Waals surface area contributed by atoms with E-state index in [0.29, 0.717) is 24.2 Å². The van der Waals surface area contributed by atoms with Gasteiger partial charge in [0.1, 0.15) is 5.60 Å². The standard InChI is InChI=1S/C14H18F3NO2S/c1-12(2)4-6-13(20-3,7-5-12)10(19)9-8-18-11(21-9)14(15,16)17/h8H,4-7H2,1-3H3. The number of halogens is 3. The van der Waals surface area contributed by atoms with E-state index < -0.39 is 16.8 Å². The van der Waals surface area contributed by atoms with E-state index >= 15 is 0 Å². The predicted molar refractivity (Wildman–Crippen MR) is 73.4 cm³/mol. The molecule has 118 valence electrons. The zero-order valence-corrected chi connectivity index (χ0v) is 13.0. The average Bonchev–Trinajstić information content (AvgIpc) is 2.88. The molecular weight excluding hydrogens is 303 g/mol. The Kier molecular flexibility index (Phi) is 4.19. The second-order valence-corrected chi connectivity index (χ2v) is 7.25. The van der Waals surface area contributed by atoms with Crippen molar-refractivity contribution in [1.82, 2.24) is 4.98 Å². The number of rotatable bonds is 3. The van der Waals surface area contributed by atoms with Gasteiger partial charge in [-0.15, -0.1) is 11.3 Å². The zero-order chi connectivity index (χ0) is 15.9. The number of ether oxygens (including phenoxy) is 1. The summed E-state index contributed by atoms with van der Waals surface area (Å²) in [4.78, 5) is 15.9. The lowest BCUT2D eigenvalue weighted by Gasteiger charge is -2.41. The van der Waals surface area contributed by atoms with Gasteiger partial charge in [0.25, 0.3) is 0 Å². The lowest BCUT2D eigenvalue weighted by atomic mass is 9.69. The summed E-state index contributed by atoms with van der Waals surface area (Å²) in [5, 5.41) is -0.992. The number of hydrogen-bond acceptors (Lipinski definition) is 4. The first-order valence-corrected chi connectivity index (χ1v) is 7.54. The lowest BCUT2D eigenvalue weighted by Crippen LogP contribution is -2.45. The van der Waals surface area contributed by atoms with Gasteiger partial charge in [0.05, 0.1) is 4.88 Å². The first-order chi connectivity index (χ1) is 9.60. The molecule has 0 amide bonds. The Morgan fingerprint density at radius 1 is 1.29 bits per heavy atom. The Hall–Kier alpha value is -0.950. The first kappa shape index (κ1) is 16.4. The second kappa shape index (κ2) is 5.35. The number of methoxy groups -OCH3 is 1. The summed E-state index contributed by atoms with van der Waals surface area (Å²) in [7, 11) is 1.45. The Bertz CT molecular complexity index is 527. The number of nitrogens with zero attached hydrogens (tertiary/aromatic N) is 1. The molecule has 1 aliphatic rings. The van der Waals surface area contributed by atoms with Crippen molar-refractivity contribution in [3.63, 3.8) is 0 Å². The van der Waals surface area contributed by atoms with Crippen LogP contribution in [0.3, 0.4) is 0 Å². The van der Waals surface area contributed by atoms with Crippen LogP contribution in [0.25, 0.3) is 0 Å². The average molecular weight is 321 g/mol. The number of carbonyl (C=O) groups is 1. The van der Waals surface area contributed by atoms with Crippen molar-refractivity contribution in [3.05, 3.63) is 16.1 Å². The summed E-state index contributed by atoms with van der Waals surface area (Å²) in [5.74, 6) is -0.381. The number of Topliss-reactive ketones (excluding diaryl/α,β-unsaturated/α-hetero) is 1. The Balaban J connectivity index is 2.23. The maximum atomic E-state index is 12.6. The molecule has 2 rings (SSSR count). The van der Waals surface area contributed by atoms with Crippen molar-refractivity contribution in [1.29, 1.82) is 0 Å². The van der Waals surface area contributed by atoms with Crippen molar-refractivity contribution in [2.45, 2.75) is 51.3 Å². The van der Waals surface area contributed by atoms with Crippen molar-refractivity contribution in [3.8, 4) is 0 Å². The third kappa shape index (κ3) is 3.29. The van der Waals surface area contributed by atoms with E-state index in [0.717, 1.165) is 19.0 Å². The molecule has 0 spiro atoms. The molecule has 1 aromatic rings. The fourth-order valence-corrected chi connectivity index (χ4v) is 3.40. The van der Waals surface area contributed by atoms with Crippen LogP contribution in [-0.4, -0.2) is 23.5 Å². The molecule has 3 nitrogen and oxygen atoms in total. The van der Waals surface area contributed by atoms with E-state index in [1.807, 2.05) is 0 Å². The van der Waals surface area contributed by atoms with Gasteiger partial charge in [0.2, 0.25) is 5.78 Å². The highest BCUT2D eigenvalue weighted by Gasteiger charge is 2.46. The van der Waals surface area contributed by atoms with Gasteiger partial charge >= 0.3 is 6.18 Å². The van der Waals surface area contributed by atoms with Crippen molar-refractivity contribution >= 4 is 17.1 Å². The quantitative estimate of drug-likeness (QED) is 0.778. The maximum Gasteiger partial charge on any atom is 0.443 e. The molecule has 0 saturated heterocycles. The molecule has 1 aromatic heterocycles. The van der Waals surface area contributed by atoms with E-state index in [-0.39, 0.29) is 16.1 Å². The fraction of sp³-hybridized carbons (Fsp3) is 0.714. The molecule has 0 aliphatic heterocycles. The third-order valence-electron chi connectivity index (χ3n) is 4.19. The number of carbonyl (C=O) groups excluding carboxylic acids is 1. The van der Waals surface area contributed by atoms with Gasteiger partial charge in [0.15, 0.2) is 5.01 Å². The first-order valence-electron chi connectivity index (χ1n) is 6.73. The van der Waals surface area contributed by atoms with Crippen LogP contribution < -0.4 is 0 Å². The molecule has 7 heteroatoms. The van der Waals surface area contributed by atoms with E-state index in [1.165, 1.54) is 7.11 Å². The molecule has 1 saturated carbocycles. The molecule has 0 aromatic carbocycles. The number of alkyl halides is 3. The van der Waals surface area contributed by atoms with Crippen molar-refractivity contribution in [2.24, 2.45) is 5.41 Å². The number of aromatic nitrogens is 1. The highest BCUT2D eigenvalue weighted by molar-refractivity contribution is 7.13. The summed E-state index contributed by atoms with van der Waals surface area (Å²) in [6, 6.07) is 0. The molecule has 0 atom stereocenters. The Labute approximate surface area is 125 Å². The topological polar surface area (TPSA) is 39.2 Å². The van der Waals surface area contributed by atoms with Crippen LogP contribution in [0, 0.1) is 5.41 Å². The van der Waals surface area contributed by atoms with Crippen LogP contribution >= 0.6 is 11.3 Å². The minimum atomic E-state index is -4.52. The van der Waals surface area contributed by atoms with Crippen molar-refractivity contribution in [2.75, 3.05) is 7.11 Å². The predicted octanol–water partition coefficient (Wildman–Crippen LogP) is 4.33. The number of ketones is 1. The van der Waals surface area contributed by atoms with Gasteiger partial charge in [-0.1, -0.05) is 13.8 Å². The van der Waals surface area contributed by atoms with Crippen LogP contribution in [0.15, 0.2) is 6.20 Å². The molecule has 1 heterocycles. The van der Waals surface area contributed by atoms with Crippen LogP contribution in [-0.2, 0) is 10.9 Å². The van der Waals surface area contributed by atoms with Crippen LogP contribution in [0.5, 0.6) is 0 Å². The minimum Gasteiger partial charge on any atom is -0.370 e. The summed E-state index contributed by atoms with van der Waals surface area (Å²) in [5.41, 5.74) is -0.877. The van der Waals surface area contributed by atoms with Gasteiger partial charge < -0.3 is 4.74 Å². The molecule has 21 heavy (non-hydrogen) atoms. The highest BCUT2D eigenvalue weighted by Crippen LogP contribution is 2.44. The summed E-state index contributed by atoms with van der Waals surface area (Å²) < 4.78 is 43.2. The van der Waals surface area contributed by atoms with E-state index in [2.05, 4.69) is 18.8 Å². The van der Waals surface area contributed by atoms with Crippen molar-refractivity contribution < 1.29 is 22.7 Å². The molecule has 0 N–H and O–H groups in total. The van der Waals surface area contributed by atoms with Crippen LogP contribution in [0.2, 0.25) is 0 Å². The molecule has 0 radical (unpaired) electrons. The Morgan fingerprint density at radius 2 is 1.86 bits per heavy atom. The molecule has 0 bridgehead atoms. The zero-order valence-electron chi connectivity index (χ0n) is 12.2. The normalized spacial score (nSPS) is 21.2. The second-order valence-electron chi connectivity index (χ2n) is 6.22. The van der Waals surface area contributed by atoms with E-state index in [4.69, 9.17) is 4.74 Å². The largest absolute Gasteiger partial charge is 0.443 e. The monoisotopic (exact) mass is 321 g/mol. The highest BCUT2D eigenvalue weighted by atomic mass is 32.1. The Morgan fingerprint density at radius 3 is 2.29 bits per heavy atom. The molecule has 0 unspecified atom stereocenters. The molecular formula is C14H18F3NO2S. The summed E-state index contributed by atoms with van der Waals surface area (Å²) in [6.45, 7) is 4.23. The fourth-order valence-electron chi connectivity index (χ4n) is 2.59. The SMILES string of the molecule is COC1(C(=O)c2cnc(C(F)(F)F)s2)CCC(C)(C)CC1. The van der Waals surface area contributed by atoms with Gasteiger partial charge in [-0.3, -0.25) is 4.79 Å². The van der Waals surface area contributed by atoms with Gasteiger partial charge in [0, 0.05) is 13.3 Å². The van der Waals surface area contributed by atoms with Crippen LogP contribution in [0.1, 0.15) is 54.2 Å². The minimum absolute atomic E-state index is 0.0175. The molecule has 1 aliphatic carbocycles. The van der Waals surface area contributed by atoms with E-state index in [9.17, 15) is 18.0 Å². The van der Waals surface area contributed by atoms with Gasteiger partial charge in [-0.25, -0.2) is 4.98 Å². The van der Waals surface area contributed by atoms with Crippen LogP contribution in [0.4, 0.5) is 13.2 Å². The maximum absolute atomic E-state index is 12.6. The smallest absolute Gasteiger partial charge is 0.370 e. The number of thiazole rings is 1. The van der Waals surface area contributed by atoms with E-state index in [1.54, 1.807) is 0 Å². The number of hydrogen-bond donors (Lipinski definition) is 0. The van der Waals surface area contributed by atoms with Gasteiger partial charge in [-0.2, -0.15) is 13.2 Å². The summed E-state index contributed by atoms with van der Waals surface area (Å²) >= 11 is 0.390. The van der Waals surface area contributed by atoms with Gasteiger partial charge in [-0.05, 0) is 31.1 Å².